The number of ether oxygens (including phenoxy) is 3. The van der Waals surface area contributed by atoms with Gasteiger partial charge in [-0.3, -0.25) is 4.79 Å². The second kappa shape index (κ2) is 10.2. The Bertz CT molecular complexity index is 832. The van der Waals surface area contributed by atoms with Crippen LogP contribution >= 0.6 is 0 Å². The van der Waals surface area contributed by atoms with Crippen molar-refractivity contribution in [2.24, 2.45) is 0 Å². The molecule has 2 aromatic rings. The zero-order valence-corrected chi connectivity index (χ0v) is 18.5. The summed E-state index contributed by atoms with van der Waals surface area (Å²) in [6.07, 6.45) is -0.0121. The van der Waals surface area contributed by atoms with Crippen molar-refractivity contribution in [1.29, 1.82) is 0 Å². The van der Waals surface area contributed by atoms with E-state index in [1.54, 1.807) is 20.3 Å². The molecule has 0 fully saturated rings. The van der Waals surface area contributed by atoms with Crippen LogP contribution < -0.4 is 19.5 Å². The summed E-state index contributed by atoms with van der Waals surface area (Å²) < 4.78 is 16.7. The van der Waals surface area contributed by atoms with Gasteiger partial charge in [0, 0.05) is 6.07 Å². The molecule has 0 saturated heterocycles. The Morgan fingerprint density at radius 1 is 1.00 bits per heavy atom. The molecule has 0 aliphatic heterocycles. The molecule has 0 saturated carbocycles. The first kappa shape index (κ1) is 22.6. The van der Waals surface area contributed by atoms with Crippen molar-refractivity contribution in [1.82, 2.24) is 5.32 Å². The van der Waals surface area contributed by atoms with Gasteiger partial charge in [-0.05, 0) is 67.1 Å². The van der Waals surface area contributed by atoms with E-state index in [2.05, 4.69) is 25.2 Å². The number of aryl methyl sites for hydroxylation is 1. The van der Waals surface area contributed by atoms with Crippen LogP contribution in [0.15, 0.2) is 36.4 Å². The minimum Gasteiger partial charge on any atom is -0.497 e. The van der Waals surface area contributed by atoms with Crippen LogP contribution in [-0.2, 0) is 4.79 Å². The number of hydrogen-bond acceptors (Lipinski definition) is 4. The quantitative estimate of drug-likeness (QED) is 0.632. The number of carbonyl (C=O) groups excluding carboxylic acids is 1. The highest BCUT2D eigenvalue weighted by Gasteiger charge is 2.22. The molecule has 0 aromatic heterocycles. The molecule has 5 heteroatoms. The van der Waals surface area contributed by atoms with Gasteiger partial charge in [-0.15, -0.1) is 0 Å². The second-order valence-electron chi connectivity index (χ2n) is 7.53. The lowest BCUT2D eigenvalue weighted by Crippen LogP contribution is -2.39. The third-order valence-corrected chi connectivity index (χ3v) is 5.05. The molecule has 5 nitrogen and oxygen atoms in total. The second-order valence-corrected chi connectivity index (χ2v) is 7.53. The van der Waals surface area contributed by atoms with E-state index in [4.69, 9.17) is 14.2 Å². The fourth-order valence-electron chi connectivity index (χ4n) is 3.36. The van der Waals surface area contributed by atoms with Crippen LogP contribution in [0.2, 0.25) is 0 Å². The van der Waals surface area contributed by atoms with E-state index in [0.717, 1.165) is 22.4 Å². The molecule has 1 amide bonds. The standard InChI is InChI=1S/C24H33NO4/c1-8-22(29-19-11-9-10-18(13-19)27-6)24(26)25-17(5)21-14-20(15(2)3)23(28-7)12-16(21)4/h9-15,17,22H,8H2,1-7H3,(H,25,26). The van der Waals surface area contributed by atoms with E-state index >= 15 is 0 Å². The van der Waals surface area contributed by atoms with Gasteiger partial charge in [-0.1, -0.05) is 26.8 Å². The third kappa shape index (κ3) is 5.66. The minimum atomic E-state index is -0.576. The Kier molecular flexibility index (Phi) is 7.94. The maximum Gasteiger partial charge on any atom is 0.261 e. The van der Waals surface area contributed by atoms with Crippen molar-refractivity contribution in [2.75, 3.05) is 14.2 Å². The molecule has 0 heterocycles. The maximum atomic E-state index is 12.9. The summed E-state index contributed by atoms with van der Waals surface area (Å²) in [7, 11) is 3.29. The fourth-order valence-corrected chi connectivity index (χ4v) is 3.36. The average Bonchev–Trinajstić information content (AvgIpc) is 2.71. The van der Waals surface area contributed by atoms with Crippen molar-refractivity contribution in [3.63, 3.8) is 0 Å². The van der Waals surface area contributed by atoms with Gasteiger partial charge in [-0.25, -0.2) is 0 Å². The highest BCUT2D eigenvalue weighted by Crippen LogP contribution is 2.32. The monoisotopic (exact) mass is 399 g/mol. The number of methoxy groups -OCH3 is 2. The topological polar surface area (TPSA) is 56.8 Å². The number of amides is 1. The summed E-state index contributed by atoms with van der Waals surface area (Å²) in [5.41, 5.74) is 3.30. The molecule has 0 radical (unpaired) electrons. The molecule has 0 aliphatic rings. The third-order valence-electron chi connectivity index (χ3n) is 5.05. The van der Waals surface area contributed by atoms with E-state index in [-0.39, 0.29) is 11.9 Å². The Hall–Kier alpha value is -2.69. The van der Waals surface area contributed by atoms with E-state index < -0.39 is 6.10 Å². The smallest absolute Gasteiger partial charge is 0.261 e. The average molecular weight is 400 g/mol. The van der Waals surface area contributed by atoms with Gasteiger partial charge in [0.15, 0.2) is 6.10 Å². The summed E-state index contributed by atoms with van der Waals surface area (Å²) >= 11 is 0. The van der Waals surface area contributed by atoms with Crippen LogP contribution in [0.1, 0.15) is 62.8 Å². The van der Waals surface area contributed by atoms with Crippen LogP contribution in [0.4, 0.5) is 0 Å². The molecule has 0 aliphatic carbocycles. The largest absolute Gasteiger partial charge is 0.497 e. The predicted octanol–water partition coefficient (Wildman–Crippen LogP) is 5.17. The molecule has 158 valence electrons. The summed E-state index contributed by atoms with van der Waals surface area (Å²) in [6, 6.07) is 11.3. The Labute approximate surface area is 174 Å². The van der Waals surface area contributed by atoms with Crippen LogP contribution in [0.5, 0.6) is 17.2 Å². The lowest BCUT2D eigenvalue weighted by atomic mass is 9.93. The maximum absolute atomic E-state index is 12.9. The first-order valence-corrected chi connectivity index (χ1v) is 10.1. The van der Waals surface area contributed by atoms with E-state index in [9.17, 15) is 4.79 Å². The number of nitrogens with one attached hydrogen (secondary N) is 1. The highest BCUT2D eigenvalue weighted by molar-refractivity contribution is 5.81. The highest BCUT2D eigenvalue weighted by atomic mass is 16.5. The number of carbonyl (C=O) groups is 1. The fraction of sp³-hybridized carbons (Fsp3) is 0.458. The van der Waals surface area contributed by atoms with Crippen LogP contribution in [0.25, 0.3) is 0 Å². The van der Waals surface area contributed by atoms with Gasteiger partial charge < -0.3 is 19.5 Å². The van der Waals surface area contributed by atoms with Crippen LogP contribution in [0.3, 0.4) is 0 Å². The SMILES string of the molecule is CCC(Oc1cccc(OC)c1)C(=O)NC(C)c1cc(C(C)C)c(OC)cc1C. The summed E-state index contributed by atoms with van der Waals surface area (Å²) in [5.74, 6) is 2.38. The molecule has 29 heavy (non-hydrogen) atoms. The van der Waals surface area contributed by atoms with Gasteiger partial charge >= 0.3 is 0 Å². The van der Waals surface area contributed by atoms with Crippen LogP contribution in [-0.4, -0.2) is 26.2 Å². The van der Waals surface area contributed by atoms with E-state index in [1.807, 2.05) is 45.0 Å². The van der Waals surface area contributed by atoms with Gasteiger partial charge in [-0.2, -0.15) is 0 Å². The normalized spacial score (nSPS) is 13.0. The molecule has 2 aromatic carbocycles. The lowest BCUT2D eigenvalue weighted by molar-refractivity contribution is -0.128. The van der Waals surface area contributed by atoms with Gasteiger partial charge in [0.05, 0.1) is 20.3 Å². The van der Waals surface area contributed by atoms with Crippen molar-refractivity contribution in [3.05, 3.63) is 53.1 Å². The van der Waals surface area contributed by atoms with E-state index in [1.165, 1.54) is 0 Å². The molecule has 0 spiro atoms. The molecule has 2 unspecified atom stereocenters. The summed E-state index contributed by atoms with van der Waals surface area (Å²) in [5, 5.41) is 3.10. The number of hydrogen-bond donors (Lipinski definition) is 1. The summed E-state index contributed by atoms with van der Waals surface area (Å²) in [4.78, 5) is 12.9. The zero-order valence-electron chi connectivity index (χ0n) is 18.5. The van der Waals surface area contributed by atoms with E-state index in [0.29, 0.717) is 23.8 Å². The van der Waals surface area contributed by atoms with Gasteiger partial charge in [0.1, 0.15) is 17.2 Å². The molecule has 1 N–H and O–H groups in total. The first-order chi connectivity index (χ1) is 13.8. The van der Waals surface area contributed by atoms with Crippen LogP contribution in [0, 0.1) is 6.92 Å². The van der Waals surface area contributed by atoms with Gasteiger partial charge in [0.25, 0.3) is 5.91 Å². The molecular weight excluding hydrogens is 366 g/mol. The number of rotatable bonds is 9. The number of benzene rings is 2. The molecular formula is C24H33NO4. The van der Waals surface area contributed by atoms with Gasteiger partial charge in [0.2, 0.25) is 0 Å². The predicted molar refractivity (Wildman–Crippen MR) is 116 cm³/mol. The summed E-state index contributed by atoms with van der Waals surface area (Å²) in [6.45, 7) is 10.2. The first-order valence-electron chi connectivity index (χ1n) is 10.1. The minimum absolute atomic E-state index is 0.135. The molecule has 2 atom stereocenters. The van der Waals surface area contributed by atoms with Crippen molar-refractivity contribution >= 4 is 5.91 Å². The van der Waals surface area contributed by atoms with Crippen molar-refractivity contribution < 1.29 is 19.0 Å². The van der Waals surface area contributed by atoms with Crippen molar-refractivity contribution in [2.45, 2.75) is 59.1 Å². The Morgan fingerprint density at radius 3 is 2.28 bits per heavy atom. The Morgan fingerprint density at radius 2 is 1.69 bits per heavy atom. The molecule has 0 bridgehead atoms. The molecule has 2 rings (SSSR count). The lowest BCUT2D eigenvalue weighted by Gasteiger charge is -2.23. The zero-order chi connectivity index (χ0) is 21.6. The van der Waals surface area contributed by atoms with Crippen molar-refractivity contribution in [3.8, 4) is 17.2 Å². The Balaban J connectivity index is 2.16.